The number of rotatable bonds is 2. The Hall–Kier alpha value is -5.20. The van der Waals surface area contributed by atoms with E-state index in [0.717, 1.165) is 6.42 Å². The standard InChI is InChI=1S/C42H26/c1-3-25-7-9-29-15-19-35(37-21-17-27(5-1)39(25)41(29)37)33-13-11-32-24-34(14-12-31(32)23-33)36-20-16-30-10-8-26-4-2-6-28-18-22-38(36)42(30)40(26)28/h1-15,17-24,30H,16H2. The second-order valence-electron chi connectivity index (χ2n) is 12.0. The van der Waals surface area contributed by atoms with E-state index in [-0.39, 0.29) is 0 Å². The molecule has 2 aliphatic rings. The summed E-state index contributed by atoms with van der Waals surface area (Å²) in [6.07, 6.45) is 8.22. The van der Waals surface area contributed by atoms with Crippen LogP contribution < -0.4 is 0 Å². The monoisotopic (exact) mass is 530 g/mol. The molecule has 0 heterocycles. The molecule has 0 fully saturated rings. The third-order valence-electron chi connectivity index (χ3n) is 9.85. The summed E-state index contributed by atoms with van der Waals surface area (Å²) < 4.78 is 0. The van der Waals surface area contributed by atoms with Crippen molar-refractivity contribution in [2.24, 2.45) is 0 Å². The molecule has 8 aromatic rings. The maximum Gasteiger partial charge on any atom is 0.00686 e. The molecule has 0 amide bonds. The molecule has 1 unspecified atom stereocenters. The highest BCUT2D eigenvalue weighted by Crippen LogP contribution is 2.46. The van der Waals surface area contributed by atoms with Gasteiger partial charge in [-0.25, -0.2) is 0 Å². The Morgan fingerprint density at radius 1 is 0.476 bits per heavy atom. The Morgan fingerprint density at radius 2 is 1.10 bits per heavy atom. The van der Waals surface area contributed by atoms with Gasteiger partial charge in [0, 0.05) is 5.92 Å². The third kappa shape index (κ3) is 3.02. The summed E-state index contributed by atoms with van der Waals surface area (Å²) in [7, 11) is 0. The van der Waals surface area contributed by atoms with Crippen LogP contribution in [0.3, 0.4) is 0 Å². The van der Waals surface area contributed by atoms with Gasteiger partial charge in [0.2, 0.25) is 0 Å². The minimum atomic E-state index is 0.468. The fourth-order valence-corrected chi connectivity index (χ4v) is 7.90. The van der Waals surface area contributed by atoms with Crippen LogP contribution in [-0.4, -0.2) is 0 Å². The van der Waals surface area contributed by atoms with Gasteiger partial charge in [0.25, 0.3) is 0 Å². The van der Waals surface area contributed by atoms with Crippen LogP contribution in [0.1, 0.15) is 34.6 Å². The average Bonchev–Trinajstić information content (AvgIpc) is 3.05. The Morgan fingerprint density at radius 3 is 1.93 bits per heavy atom. The van der Waals surface area contributed by atoms with Crippen molar-refractivity contribution in [1.82, 2.24) is 0 Å². The zero-order valence-corrected chi connectivity index (χ0v) is 23.1. The van der Waals surface area contributed by atoms with Crippen LogP contribution in [0.5, 0.6) is 0 Å². The van der Waals surface area contributed by atoms with Gasteiger partial charge in [0.05, 0.1) is 0 Å². The molecule has 0 nitrogen and oxygen atoms in total. The first-order chi connectivity index (χ1) is 20.8. The molecule has 2 aliphatic carbocycles. The molecule has 0 spiro atoms. The van der Waals surface area contributed by atoms with E-state index in [1.807, 2.05) is 0 Å². The van der Waals surface area contributed by atoms with E-state index < -0.39 is 0 Å². The zero-order valence-electron chi connectivity index (χ0n) is 23.1. The molecule has 0 aromatic heterocycles. The molecule has 42 heavy (non-hydrogen) atoms. The maximum atomic E-state index is 2.46. The lowest BCUT2D eigenvalue weighted by atomic mass is 9.75. The lowest BCUT2D eigenvalue weighted by molar-refractivity contribution is 0.856. The largest absolute Gasteiger partial charge is 0.0760 e. The molecule has 0 heteroatoms. The van der Waals surface area contributed by atoms with Crippen molar-refractivity contribution >= 4 is 65.5 Å². The molecule has 0 radical (unpaired) electrons. The van der Waals surface area contributed by atoms with E-state index in [9.17, 15) is 0 Å². The number of hydrogen-bond acceptors (Lipinski definition) is 0. The van der Waals surface area contributed by atoms with Crippen molar-refractivity contribution in [2.45, 2.75) is 12.3 Å². The van der Waals surface area contributed by atoms with E-state index in [4.69, 9.17) is 0 Å². The molecule has 0 N–H and O–H groups in total. The van der Waals surface area contributed by atoms with Crippen LogP contribution >= 0.6 is 0 Å². The van der Waals surface area contributed by atoms with Gasteiger partial charge in [-0.15, -0.1) is 0 Å². The summed E-state index contributed by atoms with van der Waals surface area (Å²) in [5.41, 5.74) is 9.48. The van der Waals surface area contributed by atoms with Gasteiger partial charge in [-0.3, -0.25) is 0 Å². The molecule has 1 atom stereocenters. The third-order valence-corrected chi connectivity index (χ3v) is 9.85. The van der Waals surface area contributed by atoms with Crippen molar-refractivity contribution in [3.8, 4) is 11.1 Å². The Labute approximate surface area is 244 Å². The van der Waals surface area contributed by atoms with Gasteiger partial charge in [0.1, 0.15) is 0 Å². The predicted octanol–water partition coefficient (Wildman–Crippen LogP) is 11.5. The molecule has 194 valence electrons. The number of allylic oxidation sites excluding steroid dienone is 2. The van der Waals surface area contributed by atoms with E-state index in [1.54, 1.807) is 0 Å². The van der Waals surface area contributed by atoms with E-state index >= 15 is 0 Å². The first-order valence-electron chi connectivity index (χ1n) is 15.0. The zero-order chi connectivity index (χ0) is 27.4. The second kappa shape index (κ2) is 8.18. The molecular weight excluding hydrogens is 504 g/mol. The van der Waals surface area contributed by atoms with Crippen LogP contribution in [0.25, 0.3) is 76.6 Å². The summed E-state index contributed by atoms with van der Waals surface area (Å²) in [5, 5.41) is 13.3. The Bertz CT molecular complexity index is 2470. The molecule has 0 saturated carbocycles. The van der Waals surface area contributed by atoms with Gasteiger partial charge in [-0.1, -0.05) is 127 Å². The first-order valence-corrected chi connectivity index (χ1v) is 15.0. The van der Waals surface area contributed by atoms with Crippen LogP contribution in [-0.2, 0) is 0 Å². The second-order valence-corrected chi connectivity index (χ2v) is 12.0. The fraction of sp³-hybridized carbons (Fsp3) is 0.0476. The molecule has 0 bridgehead atoms. The van der Waals surface area contributed by atoms with Crippen molar-refractivity contribution in [3.63, 3.8) is 0 Å². The van der Waals surface area contributed by atoms with Gasteiger partial charge in [0.15, 0.2) is 0 Å². The lowest BCUT2D eigenvalue weighted by Gasteiger charge is -2.29. The van der Waals surface area contributed by atoms with Gasteiger partial charge in [-0.2, -0.15) is 0 Å². The first kappa shape index (κ1) is 22.5. The smallest absolute Gasteiger partial charge is 0.00686 e. The van der Waals surface area contributed by atoms with Crippen LogP contribution in [0.15, 0.2) is 133 Å². The summed E-state index contributed by atoms with van der Waals surface area (Å²) in [5.74, 6) is 0.468. The lowest BCUT2D eigenvalue weighted by Crippen LogP contribution is -2.09. The molecular formula is C42H26. The number of fused-ring (bicyclic) bond motifs is 1. The number of hydrogen-bond donors (Lipinski definition) is 0. The van der Waals surface area contributed by atoms with E-state index in [2.05, 4.69) is 140 Å². The van der Waals surface area contributed by atoms with Crippen molar-refractivity contribution < 1.29 is 0 Å². The maximum absolute atomic E-state index is 2.46. The summed E-state index contributed by atoms with van der Waals surface area (Å²) in [6.45, 7) is 0. The van der Waals surface area contributed by atoms with E-state index in [1.165, 1.54) is 92.8 Å². The van der Waals surface area contributed by atoms with Crippen LogP contribution in [0.4, 0.5) is 0 Å². The highest BCUT2D eigenvalue weighted by Gasteiger charge is 2.26. The fourth-order valence-electron chi connectivity index (χ4n) is 7.90. The van der Waals surface area contributed by atoms with Crippen molar-refractivity contribution in [3.05, 3.63) is 156 Å². The average molecular weight is 531 g/mol. The quantitative estimate of drug-likeness (QED) is 0.195. The summed E-state index contributed by atoms with van der Waals surface area (Å²) >= 11 is 0. The van der Waals surface area contributed by atoms with Crippen molar-refractivity contribution in [1.29, 1.82) is 0 Å². The Balaban J connectivity index is 1.10. The highest BCUT2D eigenvalue weighted by molar-refractivity contribution is 6.25. The SMILES string of the molecule is C1=CC2CC=C(c3ccc4cc(-c5ccc6ccc7cccc8ccc5c6c78)ccc4c3)c3ccc4cccc1c4c32. The predicted molar refractivity (Wildman–Crippen MR) is 181 cm³/mol. The van der Waals surface area contributed by atoms with Crippen LogP contribution in [0, 0.1) is 0 Å². The Kier molecular flexibility index (Phi) is 4.38. The van der Waals surface area contributed by atoms with Crippen molar-refractivity contribution in [2.75, 3.05) is 0 Å². The normalized spacial score (nSPS) is 15.8. The van der Waals surface area contributed by atoms with Crippen LogP contribution in [0.2, 0.25) is 0 Å². The summed E-state index contributed by atoms with van der Waals surface area (Å²) in [4.78, 5) is 0. The minimum Gasteiger partial charge on any atom is -0.0760 e. The van der Waals surface area contributed by atoms with Gasteiger partial charge >= 0.3 is 0 Å². The number of benzene rings is 8. The summed E-state index contributed by atoms with van der Waals surface area (Å²) in [6, 6.07) is 45.6. The minimum absolute atomic E-state index is 0.468. The van der Waals surface area contributed by atoms with E-state index in [0.29, 0.717) is 5.92 Å². The molecule has 8 aromatic carbocycles. The van der Waals surface area contributed by atoms with Gasteiger partial charge < -0.3 is 0 Å². The topological polar surface area (TPSA) is 0 Å². The van der Waals surface area contributed by atoms with Gasteiger partial charge in [-0.05, 0) is 111 Å². The molecule has 0 aliphatic heterocycles. The molecule has 10 rings (SSSR count). The molecule has 0 saturated heterocycles. The highest BCUT2D eigenvalue weighted by atomic mass is 14.3.